The van der Waals surface area contributed by atoms with Crippen molar-refractivity contribution in [2.45, 2.75) is 32.8 Å². The molecule has 15 heavy (non-hydrogen) atoms. The van der Waals surface area contributed by atoms with Crippen LogP contribution < -0.4 is 0 Å². The van der Waals surface area contributed by atoms with Crippen molar-refractivity contribution in [2.75, 3.05) is 6.61 Å². The summed E-state index contributed by atoms with van der Waals surface area (Å²) < 4.78 is 29.8. The highest BCUT2D eigenvalue weighted by Crippen LogP contribution is 2.18. The van der Waals surface area contributed by atoms with Crippen LogP contribution in [0, 0.1) is 0 Å². The van der Waals surface area contributed by atoms with E-state index in [1.807, 2.05) is 0 Å². The van der Waals surface area contributed by atoms with Crippen molar-refractivity contribution in [1.82, 2.24) is 0 Å². The molecule has 1 rings (SSSR count). The molecule has 1 nitrogen and oxygen atoms in total. The molecule has 1 aromatic carbocycles. The monoisotopic (exact) mass is 214 g/mol. The molecule has 0 aliphatic heterocycles. The van der Waals surface area contributed by atoms with E-state index in [0.717, 1.165) is 25.0 Å². The van der Waals surface area contributed by atoms with Crippen LogP contribution in [0.4, 0.5) is 8.78 Å². The van der Waals surface area contributed by atoms with Gasteiger partial charge in [-0.1, -0.05) is 37.6 Å². The predicted molar refractivity (Wildman–Crippen MR) is 56.0 cm³/mol. The number of unbranched alkanes of at least 4 members (excludes halogenated alkanes) is 1. The number of benzene rings is 1. The fourth-order valence-electron chi connectivity index (χ4n) is 1.20. The topological polar surface area (TPSA) is 9.23 Å². The summed E-state index contributed by atoms with van der Waals surface area (Å²) in [4.78, 5) is 0. The van der Waals surface area contributed by atoms with Gasteiger partial charge in [0.2, 0.25) is 0 Å². The van der Waals surface area contributed by atoms with Gasteiger partial charge in [-0.2, -0.15) is 0 Å². The maximum atomic E-state index is 12.2. The van der Waals surface area contributed by atoms with Crippen LogP contribution >= 0.6 is 0 Å². The molecule has 0 N–H and O–H groups in total. The molecule has 0 fully saturated rings. The van der Waals surface area contributed by atoms with E-state index in [9.17, 15) is 8.78 Å². The van der Waals surface area contributed by atoms with Crippen LogP contribution in [-0.4, -0.2) is 6.61 Å². The molecule has 0 aromatic heterocycles. The molecule has 1 aromatic rings. The summed E-state index contributed by atoms with van der Waals surface area (Å²) in [6, 6.07) is 6.27. The van der Waals surface area contributed by atoms with Crippen molar-refractivity contribution in [3.05, 3.63) is 35.4 Å². The second-order valence-corrected chi connectivity index (χ2v) is 3.45. The first kappa shape index (κ1) is 12.1. The second kappa shape index (κ2) is 6.51. The third-order valence-electron chi connectivity index (χ3n) is 2.14. The number of rotatable bonds is 6. The zero-order chi connectivity index (χ0) is 11.1. The Morgan fingerprint density at radius 2 is 1.87 bits per heavy atom. The number of hydrogen-bond acceptors (Lipinski definition) is 1. The average Bonchev–Trinajstić information content (AvgIpc) is 2.25. The molecule has 0 aliphatic carbocycles. The Bertz CT molecular complexity index is 269. The van der Waals surface area contributed by atoms with Crippen molar-refractivity contribution < 1.29 is 13.5 Å². The highest BCUT2D eigenvalue weighted by molar-refractivity contribution is 5.22. The Hall–Kier alpha value is -0.960. The molecule has 0 aliphatic rings. The largest absolute Gasteiger partial charge is 0.377 e. The fourth-order valence-corrected chi connectivity index (χ4v) is 1.20. The number of halogens is 2. The van der Waals surface area contributed by atoms with Crippen LogP contribution in [0.25, 0.3) is 0 Å². The van der Waals surface area contributed by atoms with Crippen molar-refractivity contribution in [2.24, 2.45) is 0 Å². The molecule has 0 atom stereocenters. The Kier molecular flexibility index (Phi) is 5.26. The molecule has 3 heteroatoms. The van der Waals surface area contributed by atoms with Crippen LogP contribution in [0.5, 0.6) is 0 Å². The molecule has 84 valence electrons. The minimum Gasteiger partial charge on any atom is -0.377 e. The summed E-state index contributed by atoms with van der Waals surface area (Å²) >= 11 is 0. The van der Waals surface area contributed by atoms with E-state index in [0.29, 0.717) is 6.61 Å². The molecule has 0 saturated carbocycles. The maximum absolute atomic E-state index is 12.2. The van der Waals surface area contributed by atoms with E-state index >= 15 is 0 Å². The van der Waals surface area contributed by atoms with E-state index in [1.54, 1.807) is 12.1 Å². The lowest BCUT2D eigenvalue weighted by molar-refractivity contribution is 0.118. The predicted octanol–water partition coefficient (Wildman–Crippen LogP) is 3.94. The lowest BCUT2D eigenvalue weighted by Crippen LogP contribution is -1.95. The van der Waals surface area contributed by atoms with Crippen LogP contribution in [0.15, 0.2) is 24.3 Å². The van der Waals surface area contributed by atoms with Gasteiger partial charge in [0.15, 0.2) is 0 Å². The van der Waals surface area contributed by atoms with Gasteiger partial charge < -0.3 is 4.74 Å². The minimum absolute atomic E-state index is 0.0623. The Morgan fingerprint density at radius 3 is 2.40 bits per heavy atom. The van der Waals surface area contributed by atoms with Gasteiger partial charge in [0.05, 0.1) is 6.61 Å². The highest BCUT2D eigenvalue weighted by Gasteiger charge is 2.05. The Balaban J connectivity index is 2.36. The SMILES string of the molecule is CCCCOCc1ccc(C(F)F)cc1. The smallest absolute Gasteiger partial charge is 0.263 e. The third kappa shape index (κ3) is 4.38. The van der Waals surface area contributed by atoms with Crippen molar-refractivity contribution in [1.29, 1.82) is 0 Å². The van der Waals surface area contributed by atoms with Crippen molar-refractivity contribution >= 4 is 0 Å². The van der Waals surface area contributed by atoms with E-state index in [1.165, 1.54) is 12.1 Å². The first-order chi connectivity index (χ1) is 7.24. The Morgan fingerprint density at radius 1 is 1.20 bits per heavy atom. The second-order valence-electron chi connectivity index (χ2n) is 3.45. The van der Waals surface area contributed by atoms with Gasteiger partial charge in [-0.15, -0.1) is 0 Å². The van der Waals surface area contributed by atoms with Gasteiger partial charge in [-0.05, 0) is 12.0 Å². The van der Waals surface area contributed by atoms with E-state index in [2.05, 4.69) is 6.92 Å². The number of hydrogen-bond donors (Lipinski definition) is 0. The molecule has 0 unspecified atom stereocenters. The lowest BCUT2D eigenvalue weighted by Gasteiger charge is -2.04. The van der Waals surface area contributed by atoms with Gasteiger partial charge >= 0.3 is 0 Å². The normalized spacial score (nSPS) is 10.9. The Labute approximate surface area is 89.1 Å². The highest BCUT2D eigenvalue weighted by atomic mass is 19.3. The summed E-state index contributed by atoms with van der Waals surface area (Å²) in [6.07, 6.45) is -0.251. The molecule has 0 amide bonds. The quantitative estimate of drug-likeness (QED) is 0.652. The van der Waals surface area contributed by atoms with Crippen LogP contribution in [0.1, 0.15) is 37.3 Å². The van der Waals surface area contributed by atoms with Gasteiger partial charge in [-0.3, -0.25) is 0 Å². The van der Waals surface area contributed by atoms with Crippen LogP contribution in [0.2, 0.25) is 0 Å². The third-order valence-corrected chi connectivity index (χ3v) is 2.14. The summed E-state index contributed by atoms with van der Waals surface area (Å²) in [5.41, 5.74) is 1.00. The zero-order valence-corrected chi connectivity index (χ0v) is 8.88. The lowest BCUT2D eigenvalue weighted by atomic mass is 10.1. The van der Waals surface area contributed by atoms with Crippen LogP contribution in [-0.2, 0) is 11.3 Å². The summed E-state index contributed by atoms with van der Waals surface area (Å²) in [5, 5.41) is 0. The molecular weight excluding hydrogens is 198 g/mol. The van der Waals surface area contributed by atoms with Crippen LogP contribution in [0.3, 0.4) is 0 Å². The molecular formula is C12H16F2O. The van der Waals surface area contributed by atoms with E-state index < -0.39 is 6.43 Å². The molecule has 0 saturated heterocycles. The summed E-state index contributed by atoms with van der Waals surface area (Å²) in [7, 11) is 0. The number of ether oxygens (including phenoxy) is 1. The molecule has 0 bridgehead atoms. The molecule has 0 heterocycles. The van der Waals surface area contributed by atoms with Gasteiger partial charge in [-0.25, -0.2) is 8.78 Å². The first-order valence-electron chi connectivity index (χ1n) is 5.18. The summed E-state index contributed by atoms with van der Waals surface area (Å²) in [6.45, 7) is 3.33. The maximum Gasteiger partial charge on any atom is 0.263 e. The van der Waals surface area contributed by atoms with E-state index in [4.69, 9.17) is 4.74 Å². The fraction of sp³-hybridized carbons (Fsp3) is 0.500. The van der Waals surface area contributed by atoms with Gasteiger partial charge in [0.25, 0.3) is 6.43 Å². The molecule has 0 spiro atoms. The standard InChI is InChI=1S/C12H16F2O/c1-2-3-8-15-9-10-4-6-11(7-5-10)12(13)14/h4-7,12H,2-3,8-9H2,1H3. The summed E-state index contributed by atoms with van der Waals surface area (Å²) in [5.74, 6) is 0. The van der Waals surface area contributed by atoms with Gasteiger partial charge in [0, 0.05) is 12.2 Å². The molecule has 0 radical (unpaired) electrons. The van der Waals surface area contributed by atoms with Gasteiger partial charge in [0.1, 0.15) is 0 Å². The first-order valence-corrected chi connectivity index (χ1v) is 5.18. The zero-order valence-electron chi connectivity index (χ0n) is 8.88. The van der Waals surface area contributed by atoms with E-state index in [-0.39, 0.29) is 5.56 Å². The van der Waals surface area contributed by atoms with Crippen molar-refractivity contribution in [3.8, 4) is 0 Å². The number of alkyl halides is 2. The van der Waals surface area contributed by atoms with Crippen molar-refractivity contribution in [3.63, 3.8) is 0 Å². The minimum atomic E-state index is -2.39. The average molecular weight is 214 g/mol.